The highest BCUT2D eigenvalue weighted by Crippen LogP contribution is 2.30. The maximum Gasteiger partial charge on any atom is 0.321 e. The van der Waals surface area contributed by atoms with Gasteiger partial charge in [-0.1, -0.05) is 6.92 Å². The molecule has 0 radical (unpaired) electrons. The van der Waals surface area contributed by atoms with Gasteiger partial charge in [-0.15, -0.1) is 0 Å². The number of rotatable bonds is 5. The maximum absolute atomic E-state index is 11.9. The molecule has 1 unspecified atom stereocenters. The fourth-order valence-electron chi connectivity index (χ4n) is 3.02. The van der Waals surface area contributed by atoms with Crippen LogP contribution in [0.3, 0.4) is 0 Å². The molecule has 6 N–H and O–H groups in total. The van der Waals surface area contributed by atoms with E-state index in [0.717, 1.165) is 22.4 Å². The van der Waals surface area contributed by atoms with E-state index in [9.17, 15) is 9.59 Å². The van der Waals surface area contributed by atoms with E-state index in [0.29, 0.717) is 22.3 Å². The summed E-state index contributed by atoms with van der Waals surface area (Å²) in [5, 5.41) is 1.31. The molecule has 0 spiro atoms. The Hall–Kier alpha value is -3.75. The van der Waals surface area contributed by atoms with Gasteiger partial charge < -0.3 is 17.2 Å². The SMILES string of the molecule is CCc1ccncc1-c1cc2cc(N(C(N)=O)C(C)C(N)=O)ncc2c(N)n1. The van der Waals surface area contributed by atoms with Crippen LogP contribution in [0.4, 0.5) is 16.4 Å². The van der Waals surface area contributed by atoms with E-state index in [1.165, 1.54) is 13.1 Å². The predicted octanol–water partition coefficient (Wildman–Crippen LogP) is 1.60. The van der Waals surface area contributed by atoms with Crippen molar-refractivity contribution in [1.29, 1.82) is 0 Å². The van der Waals surface area contributed by atoms with Gasteiger partial charge in [-0.2, -0.15) is 0 Å². The number of anilines is 2. The average Bonchev–Trinajstić information content (AvgIpc) is 2.67. The number of fused-ring (bicyclic) bond motifs is 1. The van der Waals surface area contributed by atoms with Gasteiger partial charge in [0.25, 0.3) is 0 Å². The summed E-state index contributed by atoms with van der Waals surface area (Å²) in [5.41, 5.74) is 19.5. The molecular weight excluding hydrogens is 358 g/mol. The molecule has 0 saturated heterocycles. The highest BCUT2D eigenvalue weighted by molar-refractivity contribution is 6.00. The summed E-state index contributed by atoms with van der Waals surface area (Å²) in [5.74, 6) is -0.200. The molecule has 1 atom stereocenters. The van der Waals surface area contributed by atoms with E-state index in [1.54, 1.807) is 18.5 Å². The van der Waals surface area contributed by atoms with Crippen LogP contribution in [0.5, 0.6) is 0 Å². The number of carbonyl (C=O) groups is 2. The summed E-state index contributed by atoms with van der Waals surface area (Å²) in [4.78, 5) is 37.3. The van der Waals surface area contributed by atoms with Gasteiger partial charge >= 0.3 is 6.03 Å². The molecule has 3 rings (SSSR count). The van der Waals surface area contributed by atoms with E-state index in [2.05, 4.69) is 15.0 Å². The Morgan fingerprint density at radius 1 is 1.21 bits per heavy atom. The van der Waals surface area contributed by atoms with Crippen molar-refractivity contribution in [2.45, 2.75) is 26.3 Å². The van der Waals surface area contributed by atoms with Gasteiger partial charge in [0.2, 0.25) is 5.91 Å². The molecule has 0 bridgehead atoms. The normalized spacial score (nSPS) is 11.9. The van der Waals surface area contributed by atoms with Gasteiger partial charge in [0.05, 0.1) is 5.69 Å². The zero-order chi connectivity index (χ0) is 20.4. The molecule has 9 heteroatoms. The number of nitrogens with two attached hydrogens (primary N) is 3. The van der Waals surface area contributed by atoms with E-state index in [4.69, 9.17) is 17.2 Å². The Morgan fingerprint density at radius 3 is 2.61 bits per heavy atom. The van der Waals surface area contributed by atoms with Gasteiger partial charge in [-0.05, 0) is 42.5 Å². The summed E-state index contributed by atoms with van der Waals surface area (Å²) in [6, 6.07) is 3.61. The monoisotopic (exact) mass is 379 g/mol. The first-order valence-corrected chi connectivity index (χ1v) is 8.71. The fraction of sp³-hybridized carbons (Fsp3) is 0.211. The van der Waals surface area contributed by atoms with Gasteiger partial charge in [0.1, 0.15) is 17.7 Å². The standard InChI is InChI=1S/C19H21N7O2/c1-3-11-4-5-23-8-13(11)15-6-12-7-16(24-9-14(12)17(20)25-15)26(19(22)28)10(2)18(21)27/h4-10H,3H2,1-2H3,(H2,20,25)(H2,21,27)(H2,22,28). The Bertz CT molecular complexity index is 1070. The van der Waals surface area contributed by atoms with Crippen LogP contribution in [0.1, 0.15) is 19.4 Å². The average molecular weight is 379 g/mol. The van der Waals surface area contributed by atoms with Gasteiger partial charge in [-0.25, -0.2) is 14.8 Å². The minimum Gasteiger partial charge on any atom is -0.383 e. The third-order valence-corrected chi connectivity index (χ3v) is 4.58. The molecule has 0 aliphatic heterocycles. The molecule has 28 heavy (non-hydrogen) atoms. The van der Waals surface area contributed by atoms with E-state index in [-0.39, 0.29) is 5.82 Å². The molecule has 0 saturated carbocycles. The Labute approximate surface area is 161 Å². The second-order valence-corrected chi connectivity index (χ2v) is 6.33. The first-order chi connectivity index (χ1) is 13.3. The smallest absolute Gasteiger partial charge is 0.321 e. The predicted molar refractivity (Wildman–Crippen MR) is 107 cm³/mol. The van der Waals surface area contributed by atoms with Gasteiger partial charge in [-0.3, -0.25) is 14.7 Å². The molecule has 3 aromatic rings. The van der Waals surface area contributed by atoms with Crippen molar-refractivity contribution in [1.82, 2.24) is 15.0 Å². The molecule has 3 aromatic heterocycles. The number of hydrogen-bond acceptors (Lipinski definition) is 6. The van der Waals surface area contributed by atoms with Crippen molar-refractivity contribution >= 4 is 34.3 Å². The number of nitrogen functional groups attached to an aromatic ring is 1. The van der Waals surface area contributed by atoms with Crippen molar-refractivity contribution in [2.24, 2.45) is 11.5 Å². The topological polar surface area (TPSA) is 154 Å². The number of urea groups is 1. The minimum absolute atomic E-state index is 0.199. The minimum atomic E-state index is -0.953. The van der Waals surface area contributed by atoms with Crippen molar-refractivity contribution < 1.29 is 9.59 Å². The number of amides is 3. The van der Waals surface area contributed by atoms with Crippen molar-refractivity contribution in [3.63, 3.8) is 0 Å². The van der Waals surface area contributed by atoms with Crippen LogP contribution in [-0.4, -0.2) is 32.9 Å². The highest BCUT2D eigenvalue weighted by Gasteiger charge is 2.25. The Kier molecular flexibility index (Phi) is 5.08. The number of primary amides is 2. The third kappa shape index (κ3) is 3.41. The van der Waals surface area contributed by atoms with E-state index < -0.39 is 18.0 Å². The lowest BCUT2D eigenvalue weighted by molar-refractivity contribution is -0.118. The summed E-state index contributed by atoms with van der Waals surface area (Å²) < 4.78 is 0. The van der Waals surface area contributed by atoms with Gasteiger partial charge in [0.15, 0.2) is 0 Å². The molecule has 0 aliphatic carbocycles. The Balaban J connectivity index is 2.18. The Morgan fingerprint density at radius 2 is 1.96 bits per heavy atom. The first kappa shape index (κ1) is 19.0. The molecule has 144 valence electrons. The number of pyridine rings is 3. The molecule has 3 amide bonds. The molecule has 0 fully saturated rings. The van der Waals surface area contributed by atoms with Crippen molar-refractivity contribution in [2.75, 3.05) is 10.6 Å². The molecule has 3 heterocycles. The molecule has 0 aromatic carbocycles. The third-order valence-electron chi connectivity index (χ3n) is 4.58. The van der Waals surface area contributed by atoms with Crippen LogP contribution in [-0.2, 0) is 11.2 Å². The fourth-order valence-corrected chi connectivity index (χ4v) is 3.02. The van der Waals surface area contributed by atoms with Crippen LogP contribution < -0.4 is 22.1 Å². The van der Waals surface area contributed by atoms with Crippen LogP contribution in [0.2, 0.25) is 0 Å². The van der Waals surface area contributed by atoms with Crippen molar-refractivity contribution in [3.8, 4) is 11.3 Å². The second kappa shape index (κ2) is 7.47. The molecule has 9 nitrogen and oxygen atoms in total. The quantitative estimate of drug-likeness (QED) is 0.611. The second-order valence-electron chi connectivity index (χ2n) is 6.33. The van der Waals surface area contributed by atoms with E-state index >= 15 is 0 Å². The summed E-state index contributed by atoms with van der Waals surface area (Å²) in [6.45, 7) is 3.52. The zero-order valence-corrected chi connectivity index (χ0v) is 15.6. The zero-order valence-electron chi connectivity index (χ0n) is 15.6. The van der Waals surface area contributed by atoms with Crippen molar-refractivity contribution in [3.05, 3.63) is 42.4 Å². The summed E-state index contributed by atoms with van der Waals surface area (Å²) in [6.07, 6.45) is 5.76. The largest absolute Gasteiger partial charge is 0.383 e. The number of nitrogens with zero attached hydrogens (tertiary/aromatic N) is 4. The maximum atomic E-state index is 11.9. The van der Waals surface area contributed by atoms with Crippen LogP contribution in [0.25, 0.3) is 22.0 Å². The molecule has 0 aliphatic rings. The number of aromatic nitrogens is 3. The number of carbonyl (C=O) groups excluding carboxylic acids is 2. The van der Waals surface area contributed by atoms with Crippen LogP contribution in [0.15, 0.2) is 36.8 Å². The molecular formula is C19H21N7O2. The van der Waals surface area contributed by atoms with Crippen LogP contribution in [0, 0.1) is 0 Å². The highest BCUT2D eigenvalue weighted by atomic mass is 16.2. The lowest BCUT2D eigenvalue weighted by atomic mass is 10.0. The first-order valence-electron chi connectivity index (χ1n) is 8.71. The number of hydrogen-bond donors (Lipinski definition) is 3. The lowest BCUT2D eigenvalue weighted by Crippen LogP contribution is -2.49. The van der Waals surface area contributed by atoms with Crippen LogP contribution >= 0.6 is 0 Å². The van der Waals surface area contributed by atoms with E-state index in [1.807, 2.05) is 19.1 Å². The summed E-state index contributed by atoms with van der Waals surface area (Å²) >= 11 is 0. The summed E-state index contributed by atoms with van der Waals surface area (Å²) in [7, 11) is 0. The van der Waals surface area contributed by atoms with Gasteiger partial charge in [0, 0.05) is 29.5 Å². The number of aryl methyl sites for hydroxylation is 1. The lowest BCUT2D eigenvalue weighted by Gasteiger charge is -2.24.